The molecular weight excluding hydrogens is 244 g/mol. The van der Waals surface area contributed by atoms with Crippen molar-refractivity contribution in [3.8, 4) is 0 Å². The molecule has 1 heterocycles. The first-order chi connectivity index (χ1) is 9.11. The summed E-state index contributed by atoms with van der Waals surface area (Å²) in [5.74, 6) is -0.0628. The molecule has 1 aromatic heterocycles. The first kappa shape index (κ1) is 12.2. The number of nitrogens with zero attached hydrogens (tertiary/aromatic N) is 2. The Morgan fingerprint density at radius 2 is 2.21 bits per heavy atom. The number of benzene rings is 1. The van der Waals surface area contributed by atoms with Crippen LogP contribution in [-0.4, -0.2) is 31.8 Å². The van der Waals surface area contributed by atoms with Gasteiger partial charge in [0.2, 0.25) is 0 Å². The van der Waals surface area contributed by atoms with Crippen LogP contribution in [0, 0.1) is 0 Å². The van der Waals surface area contributed by atoms with Crippen LogP contribution in [0.25, 0.3) is 11.0 Å². The van der Waals surface area contributed by atoms with Crippen LogP contribution in [0.3, 0.4) is 0 Å². The smallest absolute Gasteiger partial charge is 0.337 e. The summed E-state index contributed by atoms with van der Waals surface area (Å²) in [6.07, 6.45) is 1.95. The molecule has 1 aromatic carbocycles. The predicted molar refractivity (Wildman–Crippen MR) is 70.3 cm³/mol. The zero-order valence-corrected chi connectivity index (χ0v) is 10.7. The van der Waals surface area contributed by atoms with Gasteiger partial charge in [-0.2, -0.15) is 0 Å². The predicted octanol–water partition coefficient (Wildman–Crippen LogP) is 1.99. The third-order valence-electron chi connectivity index (χ3n) is 3.79. The Kier molecular flexibility index (Phi) is 2.78. The summed E-state index contributed by atoms with van der Waals surface area (Å²) in [6, 6.07) is 5.47. The third-order valence-corrected chi connectivity index (χ3v) is 3.79. The van der Waals surface area contributed by atoms with E-state index in [9.17, 15) is 15.0 Å². The maximum Gasteiger partial charge on any atom is 0.337 e. The molecule has 0 aliphatic heterocycles. The van der Waals surface area contributed by atoms with Crippen LogP contribution in [0.5, 0.6) is 0 Å². The van der Waals surface area contributed by atoms with Crippen LogP contribution in [0.1, 0.15) is 42.0 Å². The first-order valence-electron chi connectivity index (χ1n) is 6.53. The van der Waals surface area contributed by atoms with Crippen molar-refractivity contribution in [2.24, 2.45) is 0 Å². The van der Waals surface area contributed by atoms with E-state index in [-0.39, 0.29) is 17.7 Å². The van der Waals surface area contributed by atoms with Crippen molar-refractivity contribution < 1.29 is 15.0 Å². The lowest BCUT2D eigenvalue weighted by Crippen LogP contribution is -2.31. The number of para-hydroxylation sites is 1. The first-order valence-corrected chi connectivity index (χ1v) is 6.53. The number of hydrogen-bond acceptors (Lipinski definition) is 3. The van der Waals surface area contributed by atoms with Crippen LogP contribution in [-0.2, 0) is 6.42 Å². The third kappa shape index (κ3) is 1.81. The molecule has 0 spiro atoms. The molecule has 19 heavy (non-hydrogen) atoms. The summed E-state index contributed by atoms with van der Waals surface area (Å²) in [7, 11) is 0. The number of carboxylic acid groups (broad SMARTS) is 1. The number of carbonyl (C=O) groups is 1. The number of imidazole rings is 1. The minimum absolute atomic E-state index is 0.235. The van der Waals surface area contributed by atoms with Crippen molar-refractivity contribution in [2.45, 2.75) is 38.3 Å². The van der Waals surface area contributed by atoms with E-state index in [1.807, 2.05) is 13.0 Å². The molecule has 0 atom stereocenters. The fourth-order valence-electron chi connectivity index (χ4n) is 2.76. The zero-order chi connectivity index (χ0) is 13.6. The lowest BCUT2D eigenvalue weighted by molar-refractivity contribution is 0.0491. The Morgan fingerprint density at radius 1 is 1.47 bits per heavy atom. The second-order valence-electron chi connectivity index (χ2n) is 5.01. The molecule has 1 aliphatic rings. The summed E-state index contributed by atoms with van der Waals surface area (Å²) < 4.78 is 2.09. The number of aromatic carboxylic acids is 1. The highest BCUT2D eigenvalue weighted by atomic mass is 16.4. The van der Waals surface area contributed by atoms with Gasteiger partial charge in [0.15, 0.2) is 0 Å². The molecule has 5 nitrogen and oxygen atoms in total. The van der Waals surface area contributed by atoms with Gasteiger partial charge >= 0.3 is 5.97 Å². The van der Waals surface area contributed by atoms with Gasteiger partial charge in [0.1, 0.15) is 11.3 Å². The Bertz CT molecular complexity index is 641. The van der Waals surface area contributed by atoms with E-state index < -0.39 is 5.97 Å². The van der Waals surface area contributed by atoms with Crippen LogP contribution < -0.4 is 0 Å². The van der Waals surface area contributed by atoms with E-state index in [1.165, 1.54) is 0 Å². The largest absolute Gasteiger partial charge is 0.478 e. The molecule has 5 heteroatoms. The van der Waals surface area contributed by atoms with Gasteiger partial charge in [-0.1, -0.05) is 13.0 Å². The number of fused-ring (bicyclic) bond motifs is 1. The van der Waals surface area contributed by atoms with Gasteiger partial charge in [-0.3, -0.25) is 0 Å². The van der Waals surface area contributed by atoms with Crippen LogP contribution >= 0.6 is 0 Å². The number of aromatic nitrogens is 2. The molecule has 1 saturated carbocycles. The Hall–Kier alpha value is -1.88. The van der Waals surface area contributed by atoms with E-state index >= 15 is 0 Å². The zero-order valence-electron chi connectivity index (χ0n) is 10.7. The molecule has 0 unspecified atom stereocenters. The average molecular weight is 260 g/mol. The van der Waals surface area contributed by atoms with Crippen molar-refractivity contribution in [1.82, 2.24) is 9.55 Å². The molecule has 0 saturated heterocycles. The Morgan fingerprint density at radius 3 is 2.79 bits per heavy atom. The second kappa shape index (κ2) is 4.35. The van der Waals surface area contributed by atoms with E-state index in [1.54, 1.807) is 12.1 Å². The van der Waals surface area contributed by atoms with E-state index in [0.717, 1.165) is 30.6 Å². The molecule has 2 N–H and O–H groups in total. The molecule has 100 valence electrons. The lowest BCUT2D eigenvalue weighted by atomic mass is 9.89. The molecule has 1 fully saturated rings. The van der Waals surface area contributed by atoms with Crippen LogP contribution in [0.4, 0.5) is 0 Å². The Balaban J connectivity index is 2.20. The maximum absolute atomic E-state index is 11.2. The monoisotopic (exact) mass is 260 g/mol. The Labute approximate surface area is 110 Å². The molecule has 3 rings (SSSR count). The standard InChI is InChI=1S/C14H16N2O3/c1-2-12-15-13-10(14(18)19)4-3-5-11(13)16(12)8-6-9(17)7-8/h3-5,8-9,17H,2,6-7H2,1H3,(H,18,19). The fourth-order valence-corrected chi connectivity index (χ4v) is 2.76. The summed E-state index contributed by atoms with van der Waals surface area (Å²) in [4.78, 5) is 15.7. The number of aliphatic hydroxyl groups is 1. The van der Waals surface area contributed by atoms with Gasteiger partial charge in [0.05, 0.1) is 17.2 Å². The molecule has 1 aliphatic carbocycles. The van der Waals surface area contributed by atoms with Gasteiger partial charge < -0.3 is 14.8 Å². The second-order valence-corrected chi connectivity index (χ2v) is 5.01. The molecule has 2 aromatic rings. The van der Waals surface area contributed by atoms with E-state index in [4.69, 9.17) is 0 Å². The number of aryl methyl sites for hydroxylation is 1. The quantitative estimate of drug-likeness (QED) is 0.885. The minimum Gasteiger partial charge on any atom is -0.478 e. The van der Waals surface area contributed by atoms with Crippen molar-refractivity contribution in [3.63, 3.8) is 0 Å². The summed E-state index contributed by atoms with van der Waals surface area (Å²) in [5, 5.41) is 18.7. The fraction of sp³-hybridized carbons (Fsp3) is 0.429. The number of carboxylic acids is 1. The van der Waals surface area contributed by atoms with Gasteiger partial charge in [-0.05, 0) is 25.0 Å². The molecule has 0 bridgehead atoms. The summed E-state index contributed by atoms with van der Waals surface area (Å²) in [5.41, 5.74) is 1.65. The number of rotatable bonds is 3. The molecule has 0 amide bonds. The topological polar surface area (TPSA) is 75.3 Å². The summed E-state index contributed by atoms with van der Waals surface area (Å²) in [6.45, 7) is 2.01. The van der Waals surface area contributed by atoms with Crippen LogP contribution in [0.15, 0.2) is 18.2 Å². The highest BCUT2D eigenvalue weighted by molar-refractivity contribution is 6.01. The highest BCUT2D eigenvalue weighted by Gasteiger charge is 2.31. The summed E-state index contributed by atoms with van der Waals surface area (Å²) >= 11 is 0. The van der Waals surface area contributed by atoms with Crippen molar-refractivity contribution in [2.75, 3.05) is 0 Å². The molecular formula is C14H16N2O3. The number of hydrogen-bond donors (Lipinski definition) is 2. The van der Waals surface area contributed by atoms with Gasteiger partial charge in [0, 0.05) is 12.5 Å². The SMILES string of the molecule is CCc1nc2c(C(=O)O)cccc2n1C1CC(O)C1. The maximum atomic E-state index is 11.2. The molecule has 0 radical (unpaired) electrons. The van der Waals surface area contributed by atoms with Gasteiger partial charge in [0.25, 0.3) is 0 Å². The van der Waals surface area contributed by atoms with E-state index in [0.29, 0.717) is 5.52 Å². The van der Waals surface area contributed by atoms with E-state index in [2.05, 4.69) is 9.55 Å². The van der Waals surface area contributed by atoms with Gasteiger partial charge in [-0.25, -0.2) is 9.78 Å². The van der Waals surface area contributed by atoms with Crippen LogP contribution in [0.2, 0.25) is 0 Å². The van der Waals surface area contributed by atoms with Crippen molar-refractivity contribution in [3.05, 3.63) is 29.6 Å². The average Bonchev–Trinajstić information content (AvgIpc) is 2.72. The van der Waals surface area contributed by atoms with Crippen molar-refractivity contribution in [1.29, 1.82) is 0 Å². The van der Waals surface area contributed by atoms with Crippen molar-refractivity contribution >= 4 is 17.0 Å². The highest BCUT2D eigenvalue weighted by Crippen LogP contribution is 2.36. The van der Waals surface area contributed by atoms with Gasteiger partial charge in [-0.15, -0.1) is 0 Å². The number of aliphatic hydroxyl groups excluding tert-OH is 1. The normalized spacial score (nSPS) is 22.4. The minimum atomic E-state index is -0.952. The lowest BCUT2D eigenvalue weighted by Gasteiger charge is -2.34.